The molecule has 0 aliphatic rings. The Morgan fingerprint density at radius 3 is 2.81 bits per heavy atom. The van der Waals surface area contributed by atoms with Crippen LogP contribution in [-0.4, -0.2) is 32.7 Å². The van der Waals surface area contributed by atoms with Gasteiger partial charge in [-0.15, -0.1) is 0 Å². The summed E-state index contributed by atoms with van der Waals surface area (Å²) in [7, 11) is 1.55. The monoisotopic (exact) mass is 353 g/mol. The third-order valence-electron chi connectivity index (χ3n) is 3.73. The van der Waals surface area contributed by atoms with Crippen molar-refractivity contribution in [2.75, 3.05) is 7.11 Å². The number of hydrogen-bond donors (Lipinski definition) is 1. The van der Waals surface area contributed by atoms with E-state index in [0.29, 0.717) is 5.75 Å². The van der Waals surface area contributed by atoms with Gasteiger partial charge in [0.05, 0.1) is 12.0 Å². The number of hydrogen-bond acceptors (Lipinski definition) is 6. The molecule has 26 heavy (non-hydrogen) atoms. The lowest BCUT2D eigenvalue weighted by Gasteiger charge is -2.10. The number of nitrogens with zero attached hydrogens (tertiary/aromatic N) is 4. The lowest BCUT2D eigenvalue weighted by molar-refractivity contribution is -0.384. The van der Waals surface area contributed by atoms with Crippen LogP contribution in [0.5, 0.6) is 5.75 Å². The van der Waals surface area contributed by atoms with E-state index in [1.165, 1.54) is 35.5 Å². The highest BCUT2D eigenvalue weighted by Crippen LogP contribution is 2.24. The van der Waals surface area contributed by atoms with E-state index in [9.17, 15) is 14.9 Å². The van der Waals surface area contributed by atoms with Crippen LogP contribution in [0, 0.1) is 10.1 Å². The van der Waals surface area contributed by atoms with Crippen molar-refractivity contribution in [1.82, 2.24) is 20.1 Å². The van der Waals surface area contributed by atoms with E-state index in [2.05, 4.69) is 15.4 Å². The zero-order valence-electron chi connectivity index (χ0n) is 13.8. The van der Waals surface area contributed by atoms with Gasteiger partial charge in [0, 0.05) is 23.7 Å². The molecule has 0 bridgehead atoms. The van der Waals surface area contributed by atoms with E-state index < -0.39 is 10.8 Å². The molecule has 1 aromatic heterocycles. The minimum Gasteiger partial charge on any atom is -0.496 e. The number of nitro benzene ring substituents is 1. The van der Waals surface area contributed by atoms with Crippen molar-refractivity contribution in [2.24, 2.45) is 0 Å². The number of nitro groups is 1. The molecule has 0 aliphatic carbocycles. The van der Waals surface area contributed by atoms with Gasteiger partial charge in [-0.1, -0.05) is 18.2 Å². The molecule has 0 radical (unpaired) electrons. The van der Waals surface area contributed by atoms with Gasteiger partial charge in [0.25, 0.3) is 11.6 Å². The first kappa shape index (κ1) is 17.1. The Kier molecular flexibility index (Phi) is 4.88. The van der Waals surface area contributed by atoms with Crippen LogP contribution in [0.2, 0.25) is 0 Å². The Morgan fingerprint density at radius 2 is 2.12 bits per heavy atom. The van der Waals surface area contributed by atoms with E-state index in [1.54, 1.807) is 13.2 Å². The number of carbonyl (C=O) groups excluding carboxylic acids is 1. The van der Waals surface area contributed by atoms with Crippen molar-refractivity contribution in [3.05, 3.63) is 76.4 Å². The standard InChI is InChI=1S/C17H15N5O4/c1-26-16-5-3-2-4-13(16)9-19-17(23)12-6-7-14(15(8-12)22(24)25)21-11-18-10-20-21/h2-8,10-11H,9H2,1H3,(H,19,23). The van der Waals surface area contributed by atoms with Crippen LogP contribution in [-0.2, 0) is 6.54 Å². The number of benzene rings is 2. The molecule has 132 valence electrons. The molecule has 3 rings (SSSR count). The van der Waals surface area contributed by atoms with Gasteiger partial charge in [0.15, 0.2) is 0 Å². The van der Waals surface area contributed by atoms with Crippen LogP contribution < -0.4 is 10.1 Å². The molecule has 9 nitrogen and oxygen atoms in total. The van der Waals surface area contributed by atoms with Crippen LogP contribution in [0.3, 0.4) is 0 Å². The fraction of sp³-hybridized carbons (Fsp3) is 0.118. The van der Waals surface area contributed by atoms with Gasteiger partial charge in [0.1, 0.15) is 24.1 Å². The number of para-hydroxylation sites is 1. The van der Waals surface area contributed by atoms with Crippen LogP contribution in [0.1, 0.15) is 15.9 Å². The molecule has 0 atom stereocenters. The molecular weight excluding hydrogens is 338 g/mol. The number of aromatic nitrogens is 3. The van der Waals surface area contributed by atoms with Gasteiger partial charge in [-0.05, 0) is 18.2 Å². The van der Waals surface area contributed by atoms with E-state index in [1.807, 2.05) is 18.2 Å². The Bertz CT molecular complexity index is 940. The predicted molar refractivity (Wildman–Crippen MR) is 92.2 cm³/mol. The van der Waals surface area contributed by atoms with Gasteiger partial charge in [-0.3, -0.25) is 14.9 Å². The second kappa shape index (κ2) is 7.43. The topological polar surface area (TPSA) is 112 Å². The van der Waals surface area contributed by atoms with Gasteiger partial charge in [-0.2, -0.15) is 5.10 Å². The van der Waals surface area contributed by atoms with Crippen molar-refractivity contribution in [3.8, 4) is 11.4 Å². The number of rotatable bonds is 6. The highest BCUT2D eigenvalue weighted by atomic mass is 16.6. The van der Waals surface area contributed by atoms with Crippen molar-refractivity contribution < 1.29 is 14.5 Å². The maximum absolute atomic E-state index is 12.4. The van der Waals surface area contributed by atoms with Crippen molar-refractivity contribution in [3.63, 3.8) is 0 Å². The van der Waals surface area contributed by atoms with E-state index in [0.717, 1.165) is 5.56 Å². The molecule has 1 N–H and O–H groups in total. The molecule has 9 heteroatoms. The second-order valence-corrected chi connectivity index (χ2v) is 5.30. The quantitative estimate of drug-likeness (QED) is 0.536. The second-order valence-electron chi connectivity index (χ2n) is 5.30. The highest BCUT2D eigenvalue weighted by Gasteiger charge is 2.19. The molecule has 0 saturated heterocycles. The number of ether oxygens (including phenoxy) is 1. The van der Waals surface area contributed by atoms with Gasteiger partial charge < -0.3 is 10.1 Å². The molecule has 2 aromatic carbocycles. The average Bonchev–Trinajstić information content (AvgIpc) is 3.20. The Labute approximate surface area is 148 Å². The normalized spacial score (nSPS) is 10.3. The highest BCUT2D eigenvalue weighted by molar-refractivity contribution is 5.95. The zero-order chi connectivity index (χ0) is 18.5. The number of nitrogens with one attached hydrogen (secondary N) is 1. The lowest BCUT2D eigenvalue weighted by Crippen LogP contribution is -2.23. The first-order valence-electron chi connectivity index (χ1n) is 7.63. The van der Waals surface area contributed by atoms with Crippen LogP contribution >= 0.6 is 0 Å². The van der Waals surface area contributed by atoms with E-state index >= 15 is 0 Å². The molecule has 3 aromatic rings. The summed E-state index contributed by atoms with van der Waals surface area (Å²) in [5, 5.41) is 18.0. The fourth-order valence-electron chi connectivity index (χ4n) is 2.46. The molecule has 1 amide bonds. The fourth-order valence-corrected chi connectivity index (χ4v) is 2.46. The third-order valence-corrected chi connectivity index (χ3v) is 3.73. The number of methoxy groups -OCH3 is 1. The maximum atomic E-state index is 12.4. The molecule has 0 spiro atoms. The first-order chi connectivity index (χ1) is 12.6. The predicted octanol–water partition coefficient (Wildman–Crippen LogP) is 2.11. The summed E-state index contributed by atoms with van der Waals surface area (Å²) in [6, 6.07) is 11.5. The molecule has 0 saturated carbocycles. The summed E-state index contributed by atoms with van der Waals surface area (Å²) in [6.45, 7) is 0.238. The minimum atomic E-state index is -0.561. The number of amides is 1. The molecule has 0 unspecified atom stereocenters. The lowest BCUT2D eigenvalue weighted by atomic mass is 10.1. The van der Waals surface area contributed by atoms with Crippen LogP contribution in [0.4, 0.5) is 5.69 Å². The largest absolute Gasteiger partial charge is 0.496 e. The summed E-state index contributed by atoms with van der Waals surface area (Å²) in [5.74, 6) is 0.226. The van der Waals surface area contributed by atoms with Gasteiger partial charge in [-0.25, -0.2) is 9.67 Å². The van der Waals surface area contributed by atoms with E-state index in [4.69, 9.17) is 4.74 Å². The first-order valence-corrected chi connectivity index (χ1v) is 7.63. The molecular formula is C17H15N5O4. The Morgan fingerprint density at radius 1 is 1.31 bits per heavy atom. The van der Waals surface area contributed by atoms with Crippen LogP contribution in [0.15, 0.2) is 55.1 Å². The number of carbonyl (C=O) groups is 1. The van der Waals surface area contributed by atoms with Crippen LogP contribution in [0.25, 0.3) is 5.69 Å². The van der Waals surface area contributed by atoms with Gasteiger partial charge in [0.2, 0.25) is 0 Å². The maximum Gasteiger partial charge on any atom is 0.295 e. The summed E-state index contributed by atoms with van der Waals surface area (Å²) >= 11 is 0. The Hall–Kier alpha value is -3.75. The Balaban J connectivity index is 1.81. The SMILES string of the molecule is COc1ccccc1CNC(=O)c1ccc(-n2cncn2)c([N+](=O)[O-])c1. The average molecular weight is 353 g/mol. The van der Waals surface area contributed by atoms with E-state index in [-0.39, 0.29) is 23.5 Å². The smallest absolute Gasteiger partial charge is 0.295 e. The van der Waals surface area contributed by atoms with Gasteiger partial charge >= 0.3 is 0 Å². The third kappa shape index (κ3) is 3.51. The molecule has 0 aliphatic heterocycles. The van der Waals surface area contributed by atoms with Crippen molar-refractivity contribution >= 4 is 11.6 Å². The molecule has 1 heterocycles. The summed E-state index contributed by atoms with van der Waals surface area (Å²) in [4.78, 5) is 26.9. The van der Waals surface area contributed by atoms with Crippen molar-refractivity contribution in [2.45, 2.75) is 6.54 Å². The minimum absolute atomic E-state index is 0.176. The summed E-state index contributed by atoms with van der Waals surface area (Å²) in [5.41, 5.74) is 0.974. The molecule has 0 fully saturated rings. The summed E-state index contributed by atoms with van der Waals surface area (Å²) < 4.78 is 6.51. The van der Waals surface area contributed by atoms with Crippen molar-refractivity contribution in [1.29, 1.82) is 0 Å². The zero-order valence-corrected chi connectivity index (χ0v) is 13.8. The summed E-state index contributed by atoms with van der Waals surface area (Å²) in [6.07, 6.45) is 2.63.